The smallest absolute Gasteiger partial charge is 0.242 e. The molecule has 2 aromatic rings. The molecule has 1 aliphatic carbocycles. The van der Waals surface area contributed by atoms with Crippen LogP contribution in [0.1, 0.15) is 19.3 Å². The molecule has 1 saturated carbocycles. The maximum absolute atomic E-state index is 12.9. The number of amides is 2. The number of hydrogen-bond acceptors (Lipinski definition) is 5. The van der Waals surface area contributed by atoms with E-state index in [2.05, 4.69) is 10.3 Å². The molecule has 0 aromatic heterocycles. The third-order valence-electron chi connectivity index (χ3n) is 4.61. The van der Waals surface area contributed by atoms with Gasteiger partial charge in [0.05, 0.1) is 18.5 Å². The highest BCUT2D eigenvalue weighted by Gasteiger charge is 2.46. The average molecular weight is 395 g/mol. The number of rotatable bonds is 6. The molecule has 1 heterocycles. The third-order valence-corrected chi connectivity index (χ3v) is 5.76. The van der Waals surface area contributed by atoms with E-state index < -0.39 is 5.25 Å². The van der Waals surface area contributed by atoms with Crippen molar-refractivity contribution in [2.24, 2.45) is 4.99 Å². The average Bonchev–Trinajstić information content (AvgIpc) is 3.49. The molecule has 0 spiro atoms. The minimum atomic E-state index is -0.460. The Bertz CT molecular complexity index is 912. The summed E-state index contributed by atoms with van der Waals surface area (Å²) in [6, 6.07) is 17.0. The summed E-state index contributed by atoms with van der Waals surface area (Å²) in [5.74, 6) is 0.344. The molecular formula is C21H21N3O3S. The molecule has 2 amide bonds. The molecule has 2 aliphatic rings. The van der Waals surface area contributed by atoms with E-state index in [0.717, 1.165) is 18.5 Å². The predicted octanol–water partition coefficient (Wildman–Crippen LogP) is 3.82. The molecule has 144 valence electrons. The van der Waals surface area contributed by atoms with Gasteiger partial charge in [-0.05, 0) is 37.1 Å². The predicted molar refractivity (Wildman–Crippen MR) is 111 cm³/mol. The van der Waals surface area contributed by atoms with Crippen molar-refractivity contribution in [2.75, 3.05) is 12.4 Å². The summed E-state index contributed by atoms with van der Waals surface area (Å²) < 4.78 is 5.26. The Morgan fingerprint density at radius 2 is 1.89 bits per heavy atom. The van der Waals surface area contributed by atoms with Gasteiger partial charge in [0.1, 0.15) is 11.0 Å². The van der Waals surface area contributed by atoms with Crippen LogP contribution in [0.2, 0.25) is 0 Å². The minimum absolute atomic E-state index is 0.0302. The van der Waals surface area contributed by atoms with Gasteiger partial charge in [-0.3, -0.25) is 14.5 Å². The molecule has 0 unspecified atom stereocenters. The maximum atomic E-state index is 12.9. The quantitative estimate of drug-likeness (QED) is 0.807. The third kappa shape index (κ3) is 4.04. The fourth-order valence-corrected chi connectivity index (χ4v) is 4.31. The number of nitrogens with zero attached hydrogens (tertiary/aromatic N) is 2. The second-order valence-corrected chi connectivity index (χ2v) is 7.90. The van der Waals surface area contributed by atoms with Gasteiger partial charge < -0.3 is 10.1 Å². The Labute approximate surface area is 168 Å². The highest BCUT2D eigenvalue weighted by molar-refractivity contribution is 8.15. The Morgan fingerprint density at radius 3 is 2.61 bits per heavy atom. The number of anilines is 1. The number of para-hydroxylation sites is 3. The van der Waals surface area contributed by atoms with Crippen LogP contribution in [0.3, 0.4) is 0 Å². The largest absolute Gasteiger partial charge is 0.495 e. The second kappa shape index (κ2) is 8.06. The first kappa shape index (κ1) is 18.6. The summed E-state index contributed by atoms with van der Waals surface area (Å²) in [7, 11) is 1.56. The van der Waals surface area contributed by atoms with Gasteiger partial charge in [0.15, 0.2) is 5.17 Å². The molecule has 1 N–H and O–H groups in total. The molecule has 2 fully saturated rings. The standard InChI is InChI=1S/C21H21N3O3S/c1-27-17-10-6-5-9-16(17)23-19(25)13-18-20(26)24(15-11-12-15)21(28-18)22-14-7-3-2-4-8-14/h2-10,15,18H,11-13H2,1H3,(H,23,25)/t18-/m1/s1. The van der Waals surface area contributed by atoms with Crippen LogP contribution in [0.4, 0.5) is 11.4 Å². The highest BCUT2D eigenvalue weighted by atomic mass is 32.2. The first-order valence-corrected chi connectivity index (χ1v) is 10.1. The Hall–Kier alpha value is -2.80. The van der Waals surface area contributed by atoms with Gasteiger partial charge in [-0.2, -0.15) is 0 Å². The van der Waals surface area contributed by atoms with Crippen LogP contribution < -0.4 is 10.1 Å². The van der Waals surface area contributed by atoms with Crippen LogP contribution in [0.15, 0.2) is 59.6 Å². The highest BCUT2D eigenvalue weighted by Crippen LogP contribution is 2.39. The van der Waals surface area contributed by atoms with E-state index >= 15 is 0 Å². The number of methoxy groups -OCH3 is 1. The molecule has 28 heavy (non-hydrogen) atoms. The summed E-state index contributed by atoms with van der Waals surface area (Å²) in [6.45, 7) is 0. The lowest BCUT2D eigenvalue weighted by molar-refractivity contribution is -0.128. The van der Waals surface area contributed by atoms with E-state index in [1.54, 1.807) is 24.1 Å². The van der Waals surface area contributed by atoms with Crippen LogP contribution in [-0.4, -0.2) is 40.3 Å². The number of hydrogen-bond donors (Lipinski definition) is 1. The second-order valence-electron chi connectivity index (χ2n) is 6.73. The summed E-state index contributed by atoms with van der Waals surface area (Å²) in [6.07, 6.45) is 2.07. The summed E-state index contributed by atoms with van der Waals surface area (Å²) in [5.41, 5.74) is 1.41. The van der Waals surface area contributed by atoms with Crippen molar-refractivity contribution in [3.63, 3.8) is 0 Å². The number of amidine groups is 1. The van der Waals surface area contributed by atoms with Crippen LogP contribution in [0.25, 0.3) is 0 Å². The lowest BCUT2D eigenvalue weighted by Gasteiger charge is -2.15. The van der Waals surface area contributed by atoms with Crippen molar-refractivity contribution in [3.8, 4) is 5.75 Å². The number of benzene rings is 2. The van der Waals surface area contributed by atoms with Gasteiger partial charge in [0.25, 0.3) is 0 Å². The van der Waals surface area contributed by atoms with Crippen LogP contribution in [0.5, 0.6) is 5.75 Å². The Morgan fingerprint density at radius 1 is 1.18 bits per heavy atom. The molecule has 6 nitrogen and oxygen atoms in total. The van der Waals surface area contributed by atoms with Gasteiger partial charge in [0, 0.05) is 12.5 Å². The van der Waals surface area contributed by atoms with Crippen LogP contribution >= 0.6 is 11.8 Å². The van der Waals surface area contributed by atoms with Crippen molar-refractivity contribution in [1.29, 1.82) is 0 Å². The molecular weight excluding hydrogens is 374 g/mol. The van der Waals surface area contributed by atoms with Gasteiger partial charge in [-0.25, -0.2) is 4.99 Å². The SMILES string of the molecule is COc1ccccc1NC(=O)C[C@H]1SC(=Nc2ccccc2)N(C2CC2)C1=O. The normalized spacial score (nSPS) is 20.5. The molecule has 1 aliphatic heterocycles. The van der Waals surface area contributed by atoms with Gasteiger partial charge in [0.2, 0.25) is 11.8 Å². The monoisotopic (exact) mass is 395 g/mol. The topological polar surface area (TPSA) is 71.0 Å². The molecule has 2 aromatic carbocycles. The lowest BCUT2D eigenvalue weighted by atomic mass is 10.2. The number of carbonyl (C=O) groups excluding carboxylic acids is 2. The van der Waals surface area contributed by atoms with E-state index in [4.69, 9.17) is 4.74 Å². The van der Waals surface area contributed by atoms with Gasteiger partial charge >= 0.3 is 0 Å². The first-order chi connectivity index (χ1) is 13.7. The number of ether oxygens (including phenoxy) is 1. The van der Waals surface area contributed by atoms with Crippen molar-refractivity contribution < 1.29 is 14.3 Å². The van der Waals surface area contributed by atoms with Crippen molar-refractivity contribution in [1.82, 2.24) is 4.90 Å². The van der Waals surface area contributed by atoms with Crippen molar-refractivity contribution >= 4 is 40.1 Å². The van der Waals surface area contributed by atoms with E-state index in [9.17, 15) is 9.59 Å². The maximum Gasteiger partial charge on any atom is 0.242 e. The lowest BCUT2D eigenvalue weighted by Crippen LogP contribution is -2.35. The van der Waals surface area contributed by atoms with E-state index in [-0.39, 0.29) is 24.3 Å². The molecule has 7 heteroatoms. The molecule has 0 radical (unpaired) electrons. The van der Waals surface area contributed by atoms with E-state index in [1.165, 1.54) is 11.8 Å². The van der Waals surface area contributed by atoms with E-state index in [1.807, 2.05) is 42.5 Å². The summed E-state index contributed by atoms with van der Waals surface area (Å²) >= 11 is 1.37. The molecule has 4 rings (SSSR count). The zero-order valence-corrected chi connectivity index (χ0v) is 16.3. The number of thioether (sulfide) groups is 1. The van der Waals surface area contributed by atoms with Gasteiger partial charge in [-0.15, -0.1) is 0 Å². The van der Waals surface area contributed by atoms with Crippen LogP contribution in [-0.2, 0) is 9.59 Å². The summed E-state index contributed by atoms with van der Waals surface area (Å²) in [5, 5.41) is 3.07. The Balaban J connectivity index is 1.48. The molecule has 0 bridgehead atoms. The summed E-state index contributed by atoms with van der Waals surface area (Å²) in [4.78, 5) is 31.9. The number of nitrogens with one attached hydrogen (secondary N) is 1. The molecule has 1 atom stereocenters. The fraction of sp³-hybridized carbons (Fsp3) is 0.286. The zero-order valence-electron chi connectivity index (χ0n) is 15.5. The zero-order chi connectivity index (χ0) is 19.5. The van der Waals surface area contributed by atoms with E-state index in [0.29, 0.717) is 16.6 Å². The van der Waals surface area contributed by atoms with Crippen molar-refractivity contribution in [2.45, 2.75) is 30.6 Å². The van der Waals surface area contributed by atoms with Gasteiger partial charge in [-0.1, -0.05) is 42.1 Å². The fourth-order valence-electron chi connectivity index (χ4n) is 3.09. The Kier molecular flexibility index (Phi) is 5.34. The van der Waals surface area contributed by atoms with Crippen LogP contribution in [0, 0.1) is 0 Å². The first-order valence-electron chi connectivity index (χ1n) is 9.22. The minimum Gasteiger partial charge on any atom is -0.495 e. The number of aliphatic imine (C=N–C) groups is 1. The van der Waals surface area contributed by atoms with Crippen molar-refractivity contribution in [3.05, 3.63) is 54.6 Å². The number of carbonyl (C=O) groups is 2. The molecule has 1 saturated heterocycles.